The van der Waals surface area contributed by atoms with Crippen molar-refractivity contribution in [3.8, 4) is 5.75 Å². The normalized spacial score (nSPS) is 28.1. The summed E-state index contributed by atoms with van der Waals surface area (Å²) in [7, 11) is 0. The highest BCUT2D eigenvalue weighted by atomic mass is 16.5. The molecule has 0 aromatic heterocycles. The van der Waals surface area contributed by atoms with E-state index >= 15 is 0 Å². The molecule has 1 aliphatic heterocycles. The predicted molar refractivity (Wildman–Crippen MR) is 61.5 cm³/mol. The van der Waals surface area contributed by atoms with E-state index in [4.69, 9.17) is 4.74 Å². The molecule has 0 saturated carbocycles. The second-order valence-corrected chi connectivity index (χ2v) is 5.04. The van der Waals surface area contributed by atoms with Gasteiger partial charge in [0.25, 0.3) is 0 Å². The molecule has 80 valence electrons. The van der Waals surface area contributed by atoms with Crippen molar-refractivity contribution in [3.05, 3.63) is 28.8 Å². The summed E-state index contributed by atoms with van der Waals surface area (Å²) in [6.07, 6.45) is 3.66. The van der Waals surface area contributed by atoms with Crippen LogP contribution >= 0.6 is 0 Å². The van der Waals surface area contributed by atoms with Crippen LogP contribution in [-0.2, 0) is 12.8 Å². The fraction of sp³-hybridized carbons (Fsp3) is 0.571. The van der Waals surface area contributed by atoms with Gasteiger partial charge in [0, 0.05) is 0 Å². The van der Waals surface area contributed by atoms with Gasteiger partial charge in [-0.05, 0) is 53.9 Å². The van der Waals surface area contributed by atoms with Gasteiger partial charge in [-0.25, -0.2) is 0 Å². The lowest BCUT2D eigenvalue weighted by atomic mass is 9.90. The van der Waals surface area contributed by atoms with Gasteiger partial charge in [0.05, 0.1) is 6.61 Å². The van der Waals surface area contributed by atoms with E-state index in [0.717, 1.165) is 24.2 Å². The lowest BCUT2D eigenvalue weighted by molar-refractivity contribution is 0.287. The Kier molecular flexibility index (Phi) is 2.01. The molecule has 1 heteroatoms. The summed E-state index contributed by atoms with van der Waals surface area (Å²) in [5, 5.41) is 0. The van der Waals surface area contributed by atoms with E-state index in [0.29, 0.717) is 0 Å². The number of fused-ring (bicyclic) bond motifs is 3. The lowest BCUT2D eigenvalue weighted by Crippen LogP contribution is -2.11. The molecule has 1 aromatic rings. The molecule has 0 saturated heterocycles. The van der Waals surface area contributed by atoms with Gasteiger partial charge in [-0.3, -0.25) is 0 Å². The van der Waals surface area contributed by atoms with Crippen molar-refractivity contribution in [2.24, 2.45) is 5.92 Å². The fourth-order valence-electron chi connectivity index (χ4n) is 3.07. The summed E-state index contributed by atoms with van der Waals surface area (Å²) in [4.78, 5) is 0. The van der Waals surface area contributed by atoms with Crippen molar-refractivity contribution in [3.63, 3.8) is 0 Å². The third kappa shape index (κ3) is 1.29. The van der Waals surface area contributed by atoms with E-state index in [1.165, 1.54) is 24.8 Å². The first-order chi connectivity index (χ1) is 7.27. The first-order valence-corrected chi connectivity index (χ1v) is 6.05. The molecule has 0 spiro atoms. The van der Waals surface area contributed by atoms with Crippen molar-refractivity contribution >= 4 is 0 Å². The van der Waals surface area contributed by atoms with Crippen LogP contribution in [0.4, 0.5) is 0 Å². The minimum absolute atomic E-state index is 0.719. The molecule has 1 aliphatic carbocycles. The van der Waals surface area contributed by atoms with Crippen molar-refractivity contribution in [1.82, 2.24) is 0 Å². The summed E-state index contributed by atoms with van der Waals surface area (Å²) >= 11 is 0. The second kappa shape index (κ2) is 3.26. The summed E-state index contributed by atoms with van der Waals surface area (Å²) in [5.41, 5.74) is 4.69. The van der Waals surface area contributed by atoms with E-state index in [1.807, 2.05) is 0 Å². The number of hydrogen-bond acceptors (Lipinski definition) is 1. The first-order valence-electron chi connectivity index (χ1n) is 6.05. The molecular weight excluding hydrogens is 184 g/mol. The fourth-order valence-corrected chi connectivity index (χ4v) is 3.07. The van der Waals surface area contributed by atoms with Crippen LogP contribution in [-0.4, -0.2) is 6.61 Å². The maximum absolute atomic E-state index is 5.73. The third-order valence-electron chi connectivity index (χ3n) is 4.08. The Morgan fingerprint density at radius 1 is 1.27 bits per heavy atom. The monoisotopic (exact) mass is 202 g/mol. The summed E-state index contributed by atoms with van der Waals surface area (Å²) in [6, 6.07) is 4.46. The van der Waals surface area contributed by atoms with Crippen molar-refractivity contribution < 1.29 is 4.74 Å². The number of hydrogen-bond donors (Lipinski definition) is 0. The number of benzene rings is 1. The molecule has 2 atom stereocenters. The van der Waals surface area contributed by atoms with Gasteiger partial charge in [-0.15, -0.1) is 0 Å². The van der Waals surface area contributed by atoms with E-state index in [1.54, 1.807) is 11.1 Å². The van der Waals surface area contributed by atoms with Gasteiger partial charge in [-0.2, -0.15) is 0 Å². The second-order valence-electron chi connectivity index (χ2n) is 5.04. The summed E-state index contributed by atoms with van der Waals surface area (Å²) < 4.78 is 5.73. The Hall–Kier alpha value is -0.980. The minimum atomic E-state index is 0.719. The van der Waals surface area contributed by atoms with Gasteiger partial charge in [0.1, 0.15) is 5.75 Å². The van der Waals surface area contributed by atoms with Gasteiger partial charge in [0.2, 0.25) is 0 Å². The van der Waals surface area contributed by atoms with Crippen LogP contribution in [0.25, 0.3) is 0 Å². The molecule has 15 heavy (non-hydrogen) atoms. The van der Waals surface area contributed by atoms with Crippen LogP contribution < -0.4 is 4.74 Å². The van der Waals surface area contributed by atoms with Gasteiger partial charge >= 0.3 is 0 Å². The van der Waals surface area contributed by atoms with Crippen molar-refractivity contribution in [2.75, 3.05) is 6.61 Å². The van der Waals surface area contributed by atoms with Crippen LogP contribution in [0.1, 0.15) is 42.9 Å². The Labute approximate surface area is 91.5 Å². The summed E-state index contributed by atoms with van der Waals surface area (Å²) in [6.45, 7) is 5.63. The largest absolute Gasteiger partial charge is 0.493 e. The maximum atomic E-state index is 5.73. The van der Waals surface area contributed by atoms with Crippen LogP contribution in [0.3, 0.4) is 0 Å². The molecule has 3 rings (SSSR count). The molecule has 1 nitrogen and oxygen atoms in total. The lowest BCUT2D eigenvalue weighted by Gasteiger charge is -2.22. The van der Waals surface area contributed by atoms with E-state index < -0.39 is 0 Å². The summed E-state index contributed by atoms with van der Waals surface area (Å²) in [5.74, 6) is 2.67. The van der Waals surface area contributed by atoms with E-state index in [2.05, 4.69) is 26.0 Å². The predicted octanol–water partition coefficient (Wildman–Crippen LogP) is 3.31. The molecular formula is C14H18O. The average Bonchev–Trinajstić information content (AvgIpc) is 2.55. The van der Waals surface area contributed by atoms with Crippen LogP contribution in [0.15, 0.2) is 12.1 Å². The molecule has 0 fully saturated rings. The molecule has 2 unspecified atom stereocenters. The molecule has 2 aliphatic rings. The SMILES string of the molecule is CC1Cc2ccc3c(c2C1C)CCCO3. The molecule has 0 amide bonds. The smallest absolute Gasteiger partial charge is 0.122 e. The topological polar surface area (TPSA) is 9.23 Å². The molecule has 0 radical (unpaired) electrons. The Bertz CT molecular complexity index is 395. The molecule has 0 N–H and O–H groups in total. The van der Waals surface area contributed by atoms with E-state index in [-0.39, 0.29) is 0 Å². The number of ether oxygens (including phenoxy) is 1. The Morgan fingerprint density at radius 2 is 2.13 bits per heavy atom. The van der Waals surface area contributed by atoms with Crippen LogP contribution in [0, 0.1) is 5.92 Å². The zero-order chi connectivity index (χ0) is 10.4. The molecule has 1 heterocycles. The molecule has 0 bridgehead atoms. The van der Waals surface area contributed by atoms with Gasteiger partial charge in [0.15, 0.2) is 0 Å². The maximum Gasteiger partial charge on any atom is 0.122 e. The first kappa shape index (κ1) is 9.26. The Morgan fingerprint density at radius 3 is 3.00 bits per heavy atom. The zero-order valence-corrected chi connectivity index (χ0v) is 9.55. The highest BCUT2D eigenvalue weighted by Crippen LogP contribution is 2.43. The molecule has 1 aromatic carbocycles. The highest BCUT2D eigenvalue weighted by molar-refractivity contribution is 5.50. The van der Waals surface area contributed by atoms with Crippen LogP contribution in [0.2, 0.25) is 0 Å². The standard InChI is InChI=1S/C14H18O/c1-9-8-11-5-6-13-12(4-3-7-15-13)14(11)10(9)2/h5-6,9-10H,3-4,7-8H2,1-2H3. The number of rotatable bonds is 0. The Balaban J connectivity index is 2.15. The average molecular weight is 202 g/mol. The minimum Gasteiger partial charge on any atom is -0.493 e. The van der Waals surface area contributed by atoms with E-state index in [9.17, 15) is 0 Å². The highest BCUT2D eigenvalue weighted by Gasteiger charge is 2.30. The zero-order valence-electron chi connectivity index (χ0n) is 9.55. The quantitative estimate of drug-likeness (QED) is 0.627. The third-order valence-corrected chi connectivity index (χ3v) is 4.08. The van der Waals surface area contributed by atoms with Crippen molar-refractivity contribution in [1.29, 1.82) is 0 Å². The van der Waals surface area contributed by atoms with Crippen LogP contribution in [0.5, 0.6) is 5.75 Å². The van der Waals surface area contributed by atoms with Gasteiger partial charge in [-0.1, -0.05) is 19.9 Å². The van der Waals surface area contributed by atoms with Crippen molar-refractivity contribution in [2.45, 2.75) is 39.0 Å². The van der Waals surface area contributed by atoms with Gasteiger partial charge < -0.3 is 4.74 Å².